The van der Waals surface area contributed by atoms with E-state index in [2.05, 4.69) is 18.0 Å². The van der Waals surface area contributed by atoms with Crippen LogP contribution in [-0.2, 0) is 9.53 Å². The van der Waals surface area contributed by atoms with E-state index in [0.29, 0.717) is 6.04 Å². The second-order valence-corrected chi connectivity index (χ2v) is 7.24. The number of nitrogens with zero attached hydrogens (tertiary/aromatic N) is 1. The normalized spacial score (nSPS) is 24.7. The van der Waals surface area contributed by atoms with E-state index >= 15 is 0 Å². The second kappa shape index (κ2) is 8.58. The summed E-state index contributed by atoms with van der Waals surface area (Å²) in [5.74, 6) is 3.46. The Hall–Kier alpha value is -2.01. The van der Waals surface area contributed by atoms with Gasteiger partial charge in [-0.2, -0.15) is 0 Å². The Labute approximate surface area is 155 Å². The van der Waals surface area contributed by atoms with E-state index in [0.717, 1.165) is 42.4 Å². The molecular weight excluding hydrogens is 330 g/mol. The van der Waals surface area contributed by atoms with Crippen molar-refractivity contribution >= 4 is 5.97 Å². The number of ether oxygens (including phenoxy) is 3. The average molecular weight is 359 g/mol. The molecule has 1 aromatic carbocycles. The van der Waals surface area contributed by atoms with Crippen molar-refractivity contribution in [2.24, 2.45) is 11.8 Å². The SMILES string of the molecule is CN1CCC2CCC(OC(=O)C3CC3)=CC21.COc1ccccc1OC. The quantitative estimate of drug-likeness (QED) is 0.768. The summed E-state index contributed by atoms with van der Waals surface area (Å²) >= 11 is 0. The number of likely N-dealkylation sites (N-methyl/N-ethyl adjacent to an activating group) is 1. The number of allylic oxidation sites excluding steroid dienone is 1. The standard InChI is InChI=1S/C13H19NO2.C8H10O2/c1-14-7-6-9-4-5-11(8-12(9)14)16-13(15)10-2-3-10;1-9-7-5-3-4-6-8(7)10-2/h8-10,12H,2-7H2,1H3;3-6H,1-2H3. The van der Waals surface area contributed by atoms with Crippen molar-refractivity contribution in [1.82, 2.24) is 4.90 Å². The van der Waals surface area contributed by atoms with E-state index in [1.807, 2.05) is 24.3 Å². The summed E-state index contributed by atoms with van der Waals surface area (Å²) in [6, 6.07) is 8.04. The molecule has 5 heteroatoms. The number of carbonyl (C=O) groups is 1. The Kier molecular flexibility index (Phi) is 6.20. The Bertz CT molecular complexity index is 630. The molecule has 0 N–H and O–H groups in total. The molecular formula is C21H29NO4. The molecule has 0 spiro atoms. The van der Waals surface area contributed by atoms with Gasteiger partial charge in [0, 0.05) is 12.5 Å². The summed E-state index contributed by atoms with van der Waals surface area (Å²) in [6.07, 6.45) is 7.66. The zero-order valence-electron chi connectivity index (χ0n) is 15.9. The fourth-order valence-corrected chi connectivity index (χ4v) is 3.63. The molecule has 1 aliphatic heterocycles. The predicted molar refractivity (Wildman–Crippen MR) is 100 cm³/mol. The van der Waals surface area contributed by atoms with Crippen LogP contribution >= 0.6 is 0 Å². The monoisotopic (exact) mass is 359 g/mol. The van der Waals surface area contributed by atoms with Gasteiger partial charge < -0.3 is 14.2 Å². The molecule has 0 amide bonds. The first-order valence-corrected chi connectivity index (χ1v) is 9.42. The number of hydrogen-bond acceptors (Lipinski definition) is 5. The summed E-state index contributed by atoms with van der Waals surface area (Å²) in [6.45, 7) is 1.18. The Morgan fingerprint density at radius 3 is 2.27 bits per heavy atom. The summed E-state index contributed by atoms with van der Waals surface area (Å²) in [5, 5.41) is 0. The number of fused-ring (bicyclic) bond motifs is 1. The van der Waals surface area contributed by atoms with Gasteiger partial charge in [0.25, 0.3) is 0 Å². The minimum Gasteiger partial charge on any atom is -0.493 e. The van der Waals surface area contributed by atoms with Crippen LogP contribution in [0.2, 0.25) is 0 Å². The highest BCUT2D eigenvalue weighted by Gasteiger charge is 2.36. The average Bonchev–Trinajstić information content (AvgIpc) is 3.47. The Morgan fingerprint density at radius 2 is 1.69 bits per heavy atom. The lowest BCUT2D eigenvalue weighted by Gasteiger charge is -2.27. The number of methoxy groups -OCH3 is 2. The summed E-state index contributed by atoms with van der Waals surface area (Å²) in [5.41, 5.74) is 0. The molecule has 4 rings (SSSR count). The number of benzene rings is 1. The largest absolute Gasteiger partial charge is 0.493 e. The third-order valence-electron chi connectivity index (χ3n) is 5.39. The molecule has 3 aliphatic rings. The highest BCUT2D eigenvalue weighted by atomic mass is 16.5. The minimum atomic E-state index is 0.00495. The molecule has 2 fully saturated rings. The van der Waals surface area contributed by atoms with Crippen molar-refractivity contribution in [1.29, 1.82) is 0 Å². The first kappa shape index (κ1) is 18.8. The first-order valence-electron chi connectivity index (χ1n) is 9.42. The maximum absolute atomic E-state index is 11.6. The fraction of sp³-hybridized carbons (Fsp3) is 0.571. The molecule has 2 aliphatic carbocycles. The number of rotatable bonds is 4. The van der Waals surface area contributed by atoms with Gasteiger partial charge in [0.2, 0.25) is 0 Å². The van der Waals surface area contributed by atoms with Gasteiger partial charge in [-0.1, -0.05) is 12.1 Å². The summed E-state index contributed by atoms with van der Waals surface area (Å²) < 4.78 is 15.5. The van der Waals surface area contributed by atoms with Crippen molar-refractivity contribution in [3.05, 3.63) is 36.1 Å². The third kappa shape index (κ3) is 4.58. The van der Waals surface area contributed by atoms with Gasteiger partial charge in [-0.25, -0.2) is 0 Å². The van der Waals surface area contributed by atoms with Crippen LogP contribution < -0.4 is 9.47 Å². The third-order valence-corrected chi connectivity index (χ3v) is 5.39. The van der Waals surface area contributed by atoms with Crippen molar-refractivity contribution in [2.45, 2.75) is 38.1 Å². The molecule has 1 saturated heterocycles. The van der Waals surface area contributed by atoms with Crippen LogP contribution in [0.3, 0.4) is 0 Å². The Morgan fingerprint density at radius 1 is 1.04 bits per heavy atom. The van der Waals surface area contributed by atoms with E-state index in [9.17, 15) is 4.79 Å². The van der Waals surface area contributed by atoms with Crippen LogP contribution in [0.25, 0.3) is 0 Å². The summed E-state index contributed by atoms with van der Waals surface area (Å²) in [4.78, 5) is 13.9. The maximum Gasteiger partial charge on any atom is 0.313 e. The van der Waals surface area contributed by atoms with Crippen LogP contribution in [0, 0.1) is 11.8 Å². The minimum absolute atomic E-state index is 0.00495. The highest BCUT2D eigenvalue weighted by Crippen LogP contribution is 2.36. The predicted octanol–water partition coefficient (Wildman–Crippen LogP) is 3.64. The molecule has 0 bridgehead atoms. The molecule has 142 valence electrons. The lowest BCUT2D eigenvalue weighted by Crippen LogP contribution is -2.30. The van der Waals surface area contributed by atoms with E-state index in [4.69, 9.17) is 14.2 Å². The lowest BCUT2D eigenvalue weighted by molar-refractivity contribution is -0.141. The van der Waals surface area contributed by atoms with Gasteiger partial charge in [-0.3, -0.25) is 9.69 Å². The number of likely N-dealkylation sites (tertiary alicyclic amines) is 1. The van der Waals surface area contributed by atoms with Crippen molar-refractivity contribution in [3.63, 3.8) is 0 Å². The molecule has 1 saturated carbocycles. The molecule has 5 nitrogen and oxygen atoms in total. The molecule has 26 heavy (non-hydrogen) atoms. The molecule has 0 radical (unpaired) electrons. The van der Waals surface area contributed by atoms with E-state index in [1.54, 1.807) is 14.2 Å². The van der Waals surface area contributed by atoms with Gasteiger partial charge in [0.05, 0.1) is 20.1 Å². The molecule has 0 aromatic heterocycles. The number of hydrogen-bond donors (Lipinski definition) is 0. The second-order valence-electron chi connectivity index (χ2n) is 7.24. The maximum atomic E-state index is 11.6. The first-order chi connectivity index (χ1) is 12.6. The van der Waals surface area contributed by atoms with E-state index in [-0.39, 0.29) is 11.9 Å². The molecule has 2 unspecified atom stereocenters. The molecule has 1 heterocycles. The van der Waals surface area contributed by atoms with Gasteiger partial charge >= 0.3 is 5.97 Å². The molecule has 2 atom stereocenters. The van der Waals surface area contributed by atoms with Crippen LogP contribution in [0.5, 0.6) is 11.5 Å². The zero-order valence-corrected chi connectivity index (χ0v) is 15.9. The zero-order chi connectivity index (χ0) is 18.5. The van der Waals surface area contributed by atoms with Crippen LogP contribution in [-0.4, -0.2) is 44.7 Å². The van der Waals surface area contributed by atoms with Gasteiger partial charge in [0.15, 0.2) is 11.5 Å². The van der Waals surface area contributed by atoms with Gasteiger partial charge in [-0.15, -0.1) is 0 Å². The van der Waals surface area contributed by atoms with Crippen LogP contribution in [0.4, 0.5) is 0 Å². The fourth-order valence-electron chi connectivity index (χ4n) is 3.63. The van der Waals surface area contributed by atoms with Crippen LogP contribution in [0.15, 0.2) is 36.1 Å². The smallest absolute Gasteiger partial charge is 0.313 e. The van der Waals surface area contributed by atoms with E-state index in [1.165, 1.54) is 19.4 Å². The van der Waals surface area contributed by atoms with Crippen LogP contribution in [0.1, 0.15) is 32.1 Å². The highest BCUT2D eigenvalue weighted by molar-refractivity contribution is 5.75. The number of esters is 1. The Balaban J connectivity index is 0.000000170. The van der Waals surface area contributed by atoms with Crippen molar-refractivity contribution in [3.8, 4) is 11.5 Å². The number of para-hydroxylation sites is 2. The molecule has 1 aromatic rings. The summed E-state index contributed by atoms with van der Waals surface area (Å²) in [7, 11) is 5.41. The van der Waals surface area contributed by atoms with Crippen molar-refractivity contribution < 1.29 is 19.0 Å². The number of carbonyl (C=O) groups excluding carboxylic acids is 1. The van der Waals surface area contributed by atoms with Gasteiger partial charge in [-0.05, 0) is 63.4 Å². The topological polar surface area (TPSA) is 48.0 Å². The van der Waals surface area contributed by atoms with Gasteiger partial charge in [0.1, 0.15) is 5.76 Å². The van der Waals surface area contributed by atoms with E-state index < -0.39 is 0 Å². The lowest BCUT2D eigenvalue weighted by atomic mass is 9.89. The van der Waals surface area contributed by atoms with Crippen molar-refractivity contribution in [2.75, 3.05) is 27.8 Å².